The number of rotatable bonds is 3. The van der Waals surface area contributed by atoms with Crippen molar-refractivity contribution in [3.63, 3.8) is 0 Å². The number of ether oxygens (including phenoxy) is 1. The SMILES string of the molecule is N#Cc1ccc(N2CCC[C@H](CN3CCOCC3)C2)cc1Cl. The van der Waals surface area contributed by atoms with Gasteiger partial charge >= 0.3 is 0 Å². The predicted molar refractivity (Wildman–Crippen MR) is 88.4 cm³/mol. The maximum absolute atomic E-state index is 8.98. The Morgan fingerprint density at radius 2 is 2.09 bits per heavy atom. The molecule has 118 valence electrons. The van der Waals surface area contributed by atoms with Crippen molar-refractivity contribution in [3.05, 3.63) is 28.8 Å². The van der Waals surface area contributed by atoms with E-state index < -0.39 is 0 Å². The van der Waals surface area contributed by atoms with Gasteiger partial charge < -0.3 is 9.64 Å². The van der Waals surface area contributed by atoms with E-state index in [-0.39, 0.29) is 0 Å². The first-order valence-electron chi connectivity index (χ1n) is 8.01. The monoisotopic (exact) mass is 319 g/mol. The van der Waals surface area contributed by atoms with E-state index in [2.05, 4.69) is 15.9 Å². The van der Waals surface area contributed by atoms with Crippen molar-refractivity contribution < 1.29 is 4.74 Å². The van der Waals surface area contributed by atoms with Crippen LogP contribution in [0.1, 0.15) is 18.4 Å². The van der Waals surface area contributed by atoms with Gasteiger partial charge in [-0.25, -0.2) is 0 Å². The van der Waals surface area contributed by atoms with Crippen LogP contribution >= 0.6 is 11.6 Å². The van der Waals surface area contributed by atoms with Crippen LogP contribution in [0.15, 0.2) is 18.2 Å². The molecule has 2 aliphatic heterocycles. The number of nitrogens with zero attached hydrogens (tertiary/aromatic N) is 3. The van der Waals surface area contributed by atoms with Crippen molar-refractivity contribution in [2.24, 2.45) is 5.92 Å². The molecule has 1 aromatic carbocycles. The zero-order chi connectivity index (χ0) is 15.4. The molecule has 1 atom stereocenters. The zero-order valence-electron chi connectivity index (χ0n) is 12.8. The first kappa shape index (κ1) is 15.6. The zero-order valence-corrected chi connectivity index (χ0v) is 13.6. The highest BCUT2D eigenvalue weighted by Crippen LogP contribution is 2.27. The third kappa shape index (κ3) is 3.73. The summed E-state index contributed by atoms with van der Waals surface area (Å²) in [6.07, 6.45) is 2.50. The molecule has 0 N–H and O–H groups in total. The van der Waals surface area contributed by atoms with Gasteiger partial charge in [0.15, 0.2) is 0 Å². The molecule has 0 amide bonds. The molecule has 0 spiro atoms. The molecule has 4 nitrogen and oxygen atoms in total. The number of morpholine rings is 1. The Balaban J connectivity index is 1.62. The Hall–Kier alpha value is -1.28. The van der Waals surface area contributed by atoms with E-state index in [0.29, 0.717) is 16.5 Å². The van der Waals surface area contributed by atoms with Crippen molar-refractivity contribution in [2.45, 2.75) is 12.8 Å². The molecule has 2 fully saturated rings. The number of benzene rings is 1. The van der Waals surface area contributed by atoms with Crippen molar-refractivity contribution in [1.82, 2.24) is 4.90 Å². The van der Waals surface area contributed by atoms with Crippen LogP contribution in [0.4, 0.5) is 5.69 Å². The highest BCUT2D eigenvalue weighted by atomic mass is 35.5. The van der Waals surface area contributed by atoms with Gasteiger partial charge in [-0.05, 0) is 37.0 Å². The Kier molecular flexibility index (Phi) is 5.20. The lowest BCUT2D eigenvalue weighted by molar-refractivity contribution is 0.0296. The Bertz CT molecular complexity index is 551. The molecule has 2 aliphatic rings. The second kappa shape index (κ2) is 7.32. The van der Waals surface area contributed by atoms with E-state index in [1.165, 1.54) is 12.8 Å². The summed E-state index contributed by atoms with van der Waals surface area (Å²) in [6, 6.07) is 7.89. The van der Waals surface area contributed by atoms with Gasteiger partial charge in [0.2, 0.25) is 0 Å². The number of piperidine rings is 1. The molecule has 2 saturated heterocycles. The lowest BCUT2D eigenvalue weighted by Crippen LogP contribution is -2.44. The minimum Gasteiger partial charge on any atom is -0.379 e. The number of hydrogen-bond acceptors (Lipinski definition) is 4. The summed E-state index contributed by atoms with van der Waals surface area (Å²) in [5.41, 5.74) is 1.68. The fourth-order valence-corrected chi connectivity index (χ4v) is 3.61. The van der Waals surface area contributed by atoms with E-state index in [1.54, 1.807) is 0 Å². The molecular formula is C17H22ClN3O. The summed E-state index contributed by atoms with van der Waals surface area (Å²) in [5, 5.41) is 9.53. The quantitative estimate of drug-likeness (QED) is 0.859. The molecule has 0 unspecified atom stereocenters. The van der Waals surface area contributed by atoms with Gasteiger partial charge in [-0.2, -0.15) is 5.26 Å². The maximum Gasteiger partial charge on any atom is 0.101 e. The summed E-state index contributed by atoms with van der Waals surface area (Å²) in [6.45, 7) is 7.13. The lowest BCUT2D eigenvalue weighted by atomic mass is 9.96. The molecule has 1 aromatic rings. The molecule has 0 aromatic heterocycles. The lowest BCUT2D eigenvalue weighted by Gasteiger charge is -2.38. The smallest absolute Gasteiger partial charge is 0.101 e. The van der Waals surface area contributed by atoms with E-state index in [1.807, 2.05) is 18.2 Å². The molecule has 0 bridgehead atoms. The van der Waals surface area contributed by atoms with Gasteiger partial charge in [0.05, 0.1) is 23.8 Å². The summed E-state index contributed by atoms with van der Waals surface area (Å²) < 4.78 is 5.42. The highest BCUT2D eigenvalue weighted by molar-refractivity contribution is 6.32. The second-order valence-corrected chi connectivity index (χ2v) is 6.55. The molecule has 2 heterocycles. The first-order chi connectivity index (χ1) is 10.8. The number of halogens is 1. The van der Waals surface area contributed by atoms with E-state index in [4.69, 9.17) is 21.6 Å². The van der Waals surface area contributed by atoms with Gasteiger partial charge in [-0.3, -0.25) is 4.90 Å². The van der Waals surface area contributed by atoms with Crippen LogP contribution in [0.2, 0.25) is 5.02 Å². The van der Waals surface area contributed by atoms with Gasteiger partial charge in [0.25, 0.3) is 0 Å². The van der Waals surface area contributed by atoms with Crippen molar-refractivity contribution in [3.8, 4) is 6.07 Å². The average molecular weight is 320 g/mol. The average Bonchev–Trinajstić information content (AvgIpc) is 2.56. The normalized spacial score (nSPS) is 23.3. The van der Waals surface area contributed by atoms with E-state index >= 15 is 0 Å². The standard InChI is InChI=1S/C17H22ClN3O/c18-17-10-16(4-3-15(17)11-19)21-5-1-2-14(13-21)12-20-6-8-22-9-7-20/h3-4,10,14H,1-2,5-9,12-13H2/t14-/m1/s1. The first-order valence-corrected chi connectivity index (χ1v) is 8.39. The van der Waals surface area contributed by atoms with Crippen LogP contribution in [0.25, 0.3) is 0 Å². The third-order valence-electron chi connectivity index (χ3n) is 4.58. The molecule has 0 radical (unpaired) electrons. The summed E-state index contributed by atoms with van der Waals surface area (Å²) in [5.74, 6) is 0.696. The minimum atomic E-state index is 0.548. The van der Waals surface area contributed by atoms with Gasteiger partial charge in [0, 0.05) is 38.4 Å². The van der Waals surface area contributed by atoms with Crippen LogP contribution in [-0.2, 0) is 4.74 Å². The molecule has 3 rings (SSSR count). The third-order valence-corrected chi connectivity index (χ3v) is 4.89. The summed E-state index contributed by atoms with van der Waals surface area (Å²) >= 11 is 6.17. The summed E-state index contributed by atoms with van der Waals surface area (Å²) in [7, 11) is 0. The topological polar surface area (TPSA) is 39.5 Å². The van der Waals surface area contributed by atoms with Crippen LogP contribution in [-0.4, -0.2) is 50.8 Å². The Morgan fingerprint density at radius 1 is 1.27 bits per heavy atom. The Morgan fingerprint density at radius 3 is 2.82 bits per heavy atom. The summed E-state index contributed by atoms with van der Waals surface area (Å²) in [4.78, 5) is 4.92. The van der Waals surface area contributed by atoms with E-state index in [0.717, 1.165) is 51.6 Å². The number of nitriles is 1. The van der Waals surface area contributed by atoms with Crippen molar-refractivity contribution in [1.29, 1.82) is 5.26 Å². The fourth-order valence-electron chi connectivity index (χ4n) is 3.39. The number of anilines is 1. The van der Waals surface area contributed by atoms with Crippen molar-refractivity contribution in [2.75, 3.05) is 50.8 Å². The minimum absolute atomic E-state index is 0.548. The van der Waals surface area contributed by atoms with Gasteiger partial charge in [-0.15, -0.1) is 0 Å². The van der Waals surface area contributed by atoms with Gasteiger partial charge in [-0.1, -0.05) is 11.6 Å². The fraction of sp³-hybridized carbons (Fsp3) is 0.588. The van der Waals surface area contributed by atoms with E-state index in [9.17, 15) is 0 Å². The Labute approximate surface area is 137 Å². The largest absolute Gasteiger partial charge is 0.379 e. The molecule has 0 aliphatic carbocycles. The number of hydrogen-bond donors (Lipinski definition) is 0. The molecule has 5 heteroatoms. The molecular weight excluding hydrogens is 298 g/mol. The molecule has 22 heavy (non-hydrogen) atoms. The van der Waals surface area contributed by atoms with Crippen LogP contribution < -0.4 is 4.90 Å². The second-order valence-electron chi connectivity index (χ2n) is 6.14. The van der Waals surface area contributed by atoms with Crippen LogP contribution in [0.3, 0.4) is 0 Å². The highest BCUT2D eigenvalue weighted by Gasteiger charge is 2.23. The van der Waals surface area contributed by atoms with Crippen LogP contribution in [0.5, 0.6) is 0 Å². The maximum atomic E-state index is 8.98. The predicted octanol–water partition coefficient (Wildman–Crippen LogP) is 2.76. The van der Waals surface area contributed by atoms with Crippen molar-refractivity contribution >= 4 is 17.3 Å². The van der Waals surface area contributed by atoms with Gasteiger partial charge in [0.1, 0.15) is 6.07 Å². The molecule has 0 saturated carbocycles. The van der Waals surface area contributed by atoms with Crippen LogP contribution in [0, 0.1) is 17.2 Å².